The van der Waals surface area contributed by atoms with Gasteiger partial charge in [-0.1, -0.05) is 0 Å². The molecule has 20 heavy (non-hydrogen) atoms. The van der Waals surface area contributed by atoms with Crippen molar-refractivity contribution in [3.63, 3.8) is 0 Å². The number of furan rings is 1. The van der Waals surface area contributed by atoms with E-state index in [2.05, 4.69) is 4.98 Å². The number of nitro groups is 1. The summed E-state index contributed by atoms with van der Waals surface area (Å²) in [5, 5.41) is 10.5. The molecule has 1 aromatic carbocycles. The maximum atomic E-state index is 13.2. The number of fused-ring (bicyclic) bond motifs is 1. The molecule has 6 nitrogen and oxygen atoms in total. The normalized spacial score (nSPS) is 11.1. The van der Waals surface area contributed by atoms with Gasteiger partial charge < -0.3 is 8.98 Å². The third kappa shape index (κ3) is 2.00. The van der Waals surface area contributed by atoms with E-state index in [0.717, 1.165) is 12.1 Å². The molecule has 0 fully saturated rings. The monoisotopic (exact) mass is 279 g/mol. The molecule has 8 heteroatoms. The fraction of sp³-hybridized carbons (Fsp3) is 0.0833. The second kappa shape index (κ2) is 4.41. The molecule has 0 unspecified atom stereocenters. The maximum Gasteiger partial charge on any atom is 0.433 e. The van der Waals surface area contributed by atoms with Crippen molar-refractivity contribution in [2.24, 2.45) is 0 Å². The second-order valence-electron chi connectivity index (χ2n) is 4.12. The van der Waals surface area contributed by atoms with E-state index in [9.17, 15) is 18.9 Å². The average molecular weight is 279 g/mol. The molecule has 0 aliphatic rings. The molecule has 0 saturated carbocycles. The van der Waals surface area contributed by atoms with Crippen LogP contribution >= 0.6 is 0 Å². The Bertz CT molecular complexity index is 809. The molecule has 0 saturated heterocycles. The number of aromatic nitrogens is 2. The zero-order chi connectivity index (χ0) is 14.3. The molecular weight excluding hydrogens is 272 g/mol. The van der Waals surface area contributed by atoms with Crippen LogP contribution in [-0.4, -0.2) is 14.5 Å². The van der Waals surface area contributed by atoms with E-state index in [1.54, 1.807) is 0 Å². The van der Waals surface area contributed by atoms with Crippen molar-refractivity contribution in [2.45, 2.75) is 6.54 Å². The van der Waals surface area contributed by atoms with Gasteiger partial charge in [0.25, 0.3) is 0 Å². The van der Waals surface area contributed by atoms with Crippen LogP contribution in [0.2, 0.25) is 0 Å². The minimum atomic E-state index is -0.982. The fourth-order valence-corrected chi connectivity index (χ4v) is 1.90. The van der Waals surface area contributed by atoms with Crippen LogP contribution in [0.4, 0.5) is 14.7 Å². The van der Waals surface area contributed by atoms with Gasteiger partial charge in [-0.25, -0.2) is 13.8 Å². The Morgan fingerprint density at radius 1 is 1.30 bits per heavy atom. The number of halogens is 2. The highest BCUT2D eigenvalue weighted by atomic mass is 19.2. The zero-order valence-corrected chi connectivity index (χ0v) is 9.92. The third-order valence-corrected chi connectivity index (χ3v) is 2.82. The van der Waals surface area contributed by atoms with Gasteiger partial charge in [-0.15, -0.1) is 0 Å². The van der Waals surface area contributed by atoms with Gasteiger partial charge in [0.2, 0.25) is 0 Å². The van der Waals surface area contributed by atoms with E-state index < -0.39 is 16.6 Å². The molecular formula is C12H7F2N3O3. The molecule has 3 aromatic rings. The van der Waals surface area contributed by atoms with E-state index in [0.29, 0.717) is 16.8 Å². The first-order valence-electron chi connectivity index (χ1n) is 5.57. The van der Waals surface area contributed by atoms with Gasteiger partial charge in [-0.05, 0) is 6.07 Å². The van der Waals surface area contributed by atoms with Gasteiger partial charge in [0.15, 0.2) is 11.6 Å². The van der Waals surface area contributed by atoms with Crippen LogP contribution in [0, 0.1) is 21.7 Å². The first kappa shape index (κ1) is 12.3. The highest BCUT2D eigenvalue weighted by molar-refractivity contribution is 5.75. The van der Waals surface area contributed by atoms with E-state index in [-0.39, 0.29) is 12.4 Å². The lowest BCUT2D eigenvalue weighted by molar-refractivity contribution is -0.402. The molecule has 0 amide bonds. The van der Waals surface area contributed by atoms with Crippen LogP contribution in [0.5, 0.6) is 0 Å². The van der Waals surface area contributed by atoms with E-state index >= 15 is 0 Å². The predicted molar refractivity (Wildman–Crippen MR) is 64.1 cm³/mol. The van der Waals surface area contributed by atoms with Gasteiger partial charge in [-0.2, -0.15) is 0 Å². The smallest absolute Gasteiger partial charge is 0.404 e. The quantitative estimate of drug-likeness (QED) is 0.545. The zero-order valence-electron chi connectivity index (χ0n) is 9.92. The van der Waals surface area contributed by atoms with Crippen LogP contribution in [0.25, 0.3) is 11.0 Å². The lowest BCUT2D eigenvalue weighted by Crippen LogP contribution is -1.97. The summed E-state index contributed by atoms with van der Waals surface area (Å²) >= 11 is 0. The van der Waals surface area contributed by atoms with Crippen LogP contribution < -0.4 is 0 Å². The molecule has 0 bridgehead atoms. The average Bonchev–Trinajstić information content (AvgIpc) is 3.00. The van der Waals surface area contributed by atoms with Crippen molar-refractivity contribution >= 4 is 16.9 Å². The van der Waals surface area contributed by atoms with Crippen molar-refractivity contribution in [1.82, 2.24) is 9.55 Å². The Hall–Kier alpha value is -2.77. The van der Waals surface area contributed by atoms with Crippen molar-refractivity contribution in [3.05, 3.63) is 58.1 Å². The van der Waals surface area contributed by atoms with E-state index in [1.807, 2.05) is 0 Å². The number of benzene rings is 1. The van der Waals surface area contributed by atoms with Crippen molar-refractivity contribution in [1.29, 1.82) is 0 Å². The molecule has 0 N–H and O–H groups in total. The highest BCUT2D eigenvalue weighted by Crippen LogP contribution is 2.21. The Morgan fingerprint density at radius 3 is 2.75 bits per heavy atom. The van der Waals surface area contributed by atoms with Crippen LogP contribution in [0.3, 0.4) is 0 Å². The molecule has 0 atom stereocenters. The van der Waals surface area contributed by atoms with Gasteiger partial charge >= 0.3 is 5.88 Å². The summed E-state index contributed by atoms with van der Waals surface area (Å²) in [4.78, 5) is 13.8. The Labute approximate surface area is 110 Å². The minimum Gasteiger partial charge on any atom is -0.404 e. The van der Waals surface area contributed by atoms with Crippen LogP contribution in [0.15, 0.2) is 35.0 Å². The molecule has 2 heterocycles. The standard InChI is InChI=1S/C12H7F2N3O3/c13-8-3-10-11(4-9(8)14)16(6-15-10)5-7-1-2-12(20-7)17(18)19/h1-4,6H,5H2. The number of nitrogens with zero attached hydrogens (tertiary/aromatic N) is 3. The molecule has 0 aliphatic carbocycles. The van der Waals surface area contributed by atoms with Gasteiger partial charge in [0.05, 0.1) is 30.0 Å². The Morgan fingerprint density at radius 2 is 2.05 bits per heavy atom. The Kier molecular flexibility index (Phi) is 2.70. The first-order valence-corrected chi connectivity index (χ1v) is 5.57. The number of imidazole rings is 1. The van der Waals surface area contributed by atoms with Gasteiger partial charge in [0.1, 0.15) is 10.7 Å². The predicted octanol–water partition coefficient (Wildman–Crippen LogP) is 2.86. The van der Waals surface area contributed by atoms with Crippen LogP contribution in [0.1, 0.15) is 5.76 Å². The summed E-state index contributed by atoms with van der Waals surface area (Å²) in [6.07, 6.45) is 1.39. The molecule has 0 spiro atoms. The summed E-state index contributed by atoms with van der Waals surface area (Å²) < 4.78 is 32.8. The van der Waals surface area contributed by atoms with E-state index in [4.69, 9.17) is 4.42 Å². The number of hydrogen-bond acceptors (Lipinski definition) is 4. The third-order valence-electron chi connectivity index (χ3n) is 2.82. The number of hydrogen-bond donors (Lipinski definition) is 0. The summed E-state index contributed by atoms with van der Waals surface area (Å²) in [5.41, 5.74) is 0.674. The Balaban J connectivity index is 1.98. The first-order chi connectivity index (χ1) is 9.54. The van der Waals surface area contributed by atoms with Crippen molar-refractivity contribution in [3.8, 4) is 0 Å². The number of rotatable bonds is 3. The van der Waals surface area contributed by atoms with Crippen molar-refractivity contribution < 1.29 is 18.1 Å². The summed E-state index contributed by atoms with van der Waals surface area (Å²) in [6, 6.07) is 4.69. The lowest BCUT2D eigenvalue weighted by Gasteiger charge is -2.01. The molecule has 3 rings (SSSR count). The highest BCUT2D eigenvalue weighted by Gasteiger charge is 2.14. The molecule has 2 aromatic heterocycles. The summed E-state index contributed by atoms with van der Waals surface area (Å²) in [7, 11) is 0. The molecule has 102 valence electrons. The van der Waals surface area contributed by atoms with E-state index in [1.165, 1.54) is 23.0 Å². The van der Waals surface area contributed by atoms with Crippen LogP contribution in [-0.2, 0) is 6.54 Å². The van der Waals surface area contributed by atoms with Crippen molar-refractivity contribution in [2.75, 3.05) is 0 Å². The van der Waals surface area contributed by atoms with Gasteiger partial charge in [-0.3, -0.25) is 10.1 Å². The molecule has 0 aliphatic heterocycles. The lowest BCUT2D eigenvalue weighted by atomic mass is 10.3. The molecule has 0 radical (unpaired) electrons. The largest absolute Gasteiger partial charge is 0.433 e. The summed E-state index contributed by atoms with van der Waals surface area (Å²) in [6.45, 7) is 0.134. The second-order valence-corrected chi connectivity index (χ2v) is 4.12. The summed E-state index contributed by atoms with van der Waals surface area (Å²) in [5.74, 6) is -2.01. The minimum absolute atomic E-state index is 0.134. The SMILES string of the molecule is O=[N+]([O-])c1ccc(Cn2cnc3cc(F)c(F)cc32)o1. The maximum absolute atomic E-state index is 13.2. The topological polar surface area (TPSA) is 74.1 Å². The van der Waals surface area contributed by atoms with Gasteiger partial charge in [0, 0.05) is 12.1 Å². The fourth-order valence-electron chi connectivity index (χ4n) is 1.90.